The first-order chi connectivity index (χ1) is 13.5. The van der Waals surface area contributed by atoms with Crippen molar-refractivity contribution in [3.63, 3.8) is 0 Å². The van der Waals surface area contributed by atoms with Crippen LogP contribution in [0.25, 0.3) is 22.0 Å². The van der Waals surface area contributed by atoms with Gasteiger partial charge in [0.1, 0.15) is 0 Å². The van der Waals surface area contributed by atoms with E-state index < -0.39 is 12.6 Å². The van der Waals surface area contributed by atoms with E-state index in [1.807, 2.05) is 24.3 Å². The van der Waals surface area contributed by atoms with Gasteiger partial charge < -0.3 is 0 Å². The van der Waals surface area contributed by atoms with Crippen LogP contribution in [0.3, 0.4) is 0 Å². The molecule has 0 aliphatic rings. The van der Waals surface area contributed by atoms with E-state index in [1.54, 1.807) is 20.3 Å². The molecule has 0 radical (unpaired) electrons. The van der Waals surface area contributed by atoms with E-state index >= 15 is 0 Å². The number of aryl methyl sites for hydroxylation is 1. The first-order valence-electron chi connectivity index (χ1n) is 8.67. The van der Waals surface area contributed by atoms with Crippen LogP contribution in [0, 0.1) is 0 Å². The Balaban J connectivity index is 2.34. The number of nitrogens with zero attached hydrogens (tertiary/aromatic N) is 2. The summed E-state index contributed by atoms with van der Waals surface area (Å²) >= 11 is 1.24. The van der Waals surface area contributed by atoms with Crippen LogP contribution in [-0.4, -0.2) is 53.9 Å². The number of rotatable bonds is 7. The van der Waals surface area contributed by atoms with Crippen molar-refractivity contribution in [1.29, 1.82) is 0 Å². The fraction of sp³-hybridized carbons (Fsp3) is 0.250. The third-order valence-electron chi connectivity index (χ3n) is 4.55. The van der Waals surface area contributed by atoms with Crippen LogP contribution in [0.15, 0.2) is 30.3 Å². The number of halogens is 1. The van der Waals surface area contributed by atoms with Gasteiger partial charge in [-0.3, -0.25) is 0 Å². The molecule has 1 amide bonds. The van der Waals surface area contributed by atoms with E-state index in [0.717, 1.165) is 26.4 Å². The summed E-state index contributed by atoms with van der Waals surface area (Å²) in [6.07, 6.45) is 0.938. The summed E-state index contributed by atoms with van der Waals surface area (Å²) in [5.74, 6) is 0.656. The van der Waals surface area contributed by atoms with E-state index in [0.29, 0.717) is 29.9 Å². The number of benzene rings is 2. The minimum absolute atomic E-state index is 0.164. The number of carbonyl (C=O) groups is 1. The molecule has 0 fully saturated rings. The average Bonchev–Trinajstić information content (AvgIpc) is 2.71. The van der Waals surface area contributed by atoms with Gasteiger partial charge >= 0.3 is 171 Å². The molecule has 0 aliphatic heterocycles. The van der Waals surface area contributed by atoms with E-state index in [1.165, 1.54) is 16.9 Å². The third kappa shape index (κ3) is 3.67. The number of primary amides is 1. The van der Waals surface area contributed by atoms with Crippen molar-refractivity contribution in [2.75, 3.05) is 20.9 Å². The van der Waals surface area contributed by atoms with Gasteiger partial charge in [-0.05, 0) is 0 Å². The molecule has 3 rings (SSSR count). The average molecular weight is 445 g/mol. The Kier molecular flexibility index (Phi) is 6.14. The van der Waals surface area contributed by atoms with Crippen molar-refractivity contribution >= 4 is 38.0 Å². The summed E-state index contributed by atoms with van der Waals surface area (Å²) < 4.78 is 24.4. The van der Waals surface area contributed by atoms with Gasteiger partial charge in [0, 0.05) is 0 Å². The van der Waals surface area contributed by atoms with E-state index in [9.17, 15) is 9.18 Å². The normalized spacial score (nSPS) is 10.9. The molecule has 1 atom stereocenters. The van der Waals surface area contributed by atoms with Crippen molar-refractivity contribution in [3.8, 4) is 22.6 Å². The molecule has 1 unspecified atom stereocenters. The number of fused-ring (bicyclic) bond motifs is 1. The number of hydrogen-bond acceptors (Lipinski definition) is 5. The number of amides is 1. The van der Waals surface area contributed by atoms with Gasteiger partial charge in [-0.1, -0.05) is 0 Å². The zero-order valence-corrected chi connectivity index (χ0v) is 18.1. The van der Waals surface area contributed by atoms with Gasteiger partial charge in [0.05, 0.1) is 0 Å². The van der Waals surface area contributed by atoms with Gasteiger partial charge in [-0.25, -0.2) is 0 Å². The number of aromatic nitrogens is 2. The summed E-state index contributed by atoms with van der Waals surface area (Å²) in [5, 5.41) is 9.15. The molecule has 0 saturated heterocycles. The Hall–Kier alpha value is -2.66. The van der Waals surface area contributed by atoms with Crippen LogP contribution >= 0.6 is 0 Å². The topological polar surface area (TPSA) is 87.3 Å². The first kappa shape index (κ1) is 20.1. The standard InChI is InChI=1S/C20H21AsFN3O3/c1-27-12-6-8-13(15(10-12)28-2)16-11(4-3-9-22)5-7-14-17(21)19(20(23)26)25-24-18(14)16/h5-8,10H,3-4,9,21H2,1-2H3,(H2,23,26). The molecule has 2 aromatic carbocycles. The van der Waals surface area contributed by atoms with E-state index in [2.05, 4.69) is 10.2 Å². The predicted octanol–water partition coefficient (Wildman–Crippen LogP) is 1.57. The molecule has 146 valence electrons. The van der Waals surface area contributed by atoms with Crippen molar-refractivity contribution in [2.24, 2.45) is 5.73 Å². The molecule has 1 aromatic heterocycles. The Morgan fingerprint density at radius 3 is 2.61 bits per heavy atom. The van der Waals surface area contributed by atoms with E-state index in [4.69, 9.17) is 15.2 Å². The second-order valence-electron chi connectivity index (χ2n) is 6.18. The van der Waals surface area contributed by atoms with E-state index in [-0.39, 0.29) is 5.69 Å². The van der Waals surface area contributed by atoms with Crippen molar-refractivity contribution in [3.05, 3.63) is 41.6 Å². The number of nitrogens with two attached hydrogens (primary N) is 1. The second-order valence-corrected chi connectivity index (χ2v) is 7.39. The van der Waals surface area contributed by atoms with Crippen molar-refractivity contribution in [2.45, 2.75) is 12.8 Å². The number of hydrogen-bond donors (Lipinski definition) is 1. The third-order valence-corrected chi connectivity index (χ3v) is 5.78. The molecule has 28 heavy (non-hydrogen) atoms. The molecular weight excluding hydrogens is 424 g/mol. The number of methoxy groups -OCH3 is 2. The number of carbonyl (C=O) groups excluding carboxylic acids is 1. The quantitative estimate of drug-likeness (QED) is 0.558. The molecule has 0 saturated carbocycles. The summed E-state index contributed by atoms with van der Waals surface area (Å²) in [6.45, 7) is -0.411. The van der Waals surface area contributed by atoms with Gasteiger partial charge in [0.15, 0.2) is 0 Å². The van der Waals surface area contributed by atoms with Crippen LogP contribution in [0.1, 0.15) is 22.5 Å². The Bertz CT molecular complexity index is 1040. The SMILES string of the molecule is COc1ccc(-c2c(CCCF)ccc3c([AsH2])c(C(N)=O)nnc23)c(OC)c1. The zero-order valence-electron chi connectivity index (χ0n) is 15.7. The summed E-state index contributed by atoms with van der Waals surface area (Å²) in [6, 6.07) is 9.33. The minimum atomic E-state index is -0.612. The monoisotopic (exact) mass is 445 g/mol. The van der Waals surface area contributed by atoms with Crippen LogP contribution in [0.5, 0.6) is 11.5 Å². The number of alkyl halides is 1. The van der Waals surface area contributed by atoms with Crippen molar-refractivity contribution < 1.29 is 18.7 Å². The predicted molar refractivity (Wildman–Crippen MR) is 109 cm³/mol. The Labute approximate surface area is 170 Å². The van der Waals surface area contributed by atoms with Gasteiger partial charge in [0.25, 0.3) is 0 Å². The molecule has 6 nitrogen and oxygen atoms in total. The van der Waals surface area contributed by atoms with Crippen LogP contribution < -0.4 is 19.6 Å². The molecule has 2 N–H and O–H groups in total. The molecule has 8 heteroatoms. The second kappa shape index (κ2) is 8.57. The van der Waals surface area contributed by atoms with Crippen LogP contribution in [-0.2, 0) is 6.42 Å². The molecule has 0 aliphatic carbocycles. The molecular formula is C20H21AsFN3O3. The van der Waals surface area contributed by atoms with Gasteiger partial charge in [-0.2, -0.15) is 0 Å². The molecule has 3 aromatic rings. The zero-order chi connectivity index (χ0) is 20.3. The molecule has 0 bridgehead atoms. The van der Waals surface area contributed by atoms with Crippen LogP contribution in [0.2, 0.25) is 0 Å². The fourth-order valence-electron chi connectivity index (χ4n) is 3.19. The Morgan fingerprint density at radius 2 is 1.96 bits per heavy atom. The summed E-state index contributed by atoms with van der Waals surface area (Å²) in [4.78, 5) is 11.7. The van der Waals surface area contributed by atoms with Crippen molar-refractivity contribution in [1.82, 2.24) is 10.2 Å². The Morgan fingerprint density at radius 1 is 1.18 bits per heavy atom. The first-order valence-corrected chi connectivity index (χ1v) is 9.88. The van der Waals surface area contributed by atoms with Crippen LogP contribution in [0.4, 0.5) is 4.39 Å². The maximum absolute atomic E-state index is 12.9. The molecule has 1 heterocycles. The molecule has 0 spiro atoms. The fourth-order valence-corrected chi connectivity index (χ4v) is 4.10. The maximum atomic E-state index is 12.9. The summed E-state index contributed by atoms with van der Waals surface area (Å²) in [5.41, 5.74) is 8.76. The number of ether oxygens (including phenoxy) is 2. The van der Waals surface area contributed by atoms with Gasteiger partial charge in [0.2, 0.25) is 0 Å². The summed E-state index contributed by atoms with van der Waals surface area (Å²) in [7, 11) is 3.16. The van der Waals surface area contributed by atoms with Gasteiger partial charge in [-0.15, -0.1) is 0 Å².